The van der Waals surface area contributed by atoms with Gasteiger partial charge < -0.3 is 10.1 Å². The van der Waals surface area contributed by atoms with E-state index in [0.717, 1.165) is 29.4 Å². The summed E-state index contributed by atoms with van der Waals surface area (Å²) in [5.74, 6) is 0.966. The van der Waals surface area contributed by atoms with Crippen molar-refractivity contribution < 1.29 is 4.74 Å². The molecule has 0 aliphatic carbocycles. The molecule has 1 atom stereocenters. The van der Waals surface area contributed by atoms with Crippen molar-refractivity contribution in [3.05, 3.63) is 63.6 Å². The third kappa shape index (κ3) is 2.93. The summed E-state index contributed by atoms with van der Waals surface area (Å²) in [5, 5.41) is 4.98. The molecule has 1 unspecified atom stereocenters. The van der Waals surface area contributed by atoms with E-state index in [2.05, 4.69) is 11.4 Å². The van der Waals surface area contributed by atoms with Crippen LogP contribution < -0.4 is 10.1 Å². The van der Waals surface area contributed by atoms with Crippen LogP contribution in [0, 0.1) is 0 Å². The van der Waals surface area contributed by atoms with Crippen molar-refractivity contribution in [3.63, 3.8) is 0 Å². The Kier molecular flexibility index (Phi) is 4.16. The molecule has 2 aromatic carbocycles. The Hall–Kier alpha value is -1.22. The summed E-state index contributed by atoms with van der Waals surface area (Å²) in [7, 11) is 0. The summed E-state index contributed by atoms with van der Waals surface area (Å²) < 4.78 is 5.66. The lowest BCUT2D eigenvalue weighted by Crippen LogP contribution is -2.26. The van der Waals surface area contributed by atoms with Crippen molar-refractivity contribution in [1.82, 2.24) is 5.32 Å². The van der Waals surface area contributed by atoms with Crippen LogP contribution in [0.2, 0.25) is 10.0 Å². The summed E-state index contributed by atoms with van der Waals surface area (Å²) in [5.41, 5.74) is 2.22. The van der Waals surface area contributed by atoms with Gasteiger partial charge in [0.15, 0.2) is 0 Å². The molecule has 4 heteroatoms. The van der Waals surface area contributed by atoms with Crippen molar-refractivity contribution in [1.29, 1.82) is 0 Å². The zero-order valence-corrected chi connectivity index (χ0v) is 12.4. The molecule has 0 bridgehead atoms. The molecule has 1 aliphatic heterocycles. The quantitative estimate of drug-likeness (QED) is 0.894. The highest BCUT2D eigenvalue weighted by atomic mass is 35.5. The minimum atomic E-state index is 0.287. The number of para-hydroxylation sites is 1. The van der Waals surface area contributed by atoms with Gasteiger partial charge in [0.2, 0.25) is 0 Å². The van der Waals surface area contributed by atoms with Gasteiger partial charge in [0.25, 0.3) is 0 Å². The number of hydrogen-bond acceptors (Lipinski definition) is 2. The highest BCUT2D eigenvalue weighted by molar-refractivity contribution is 6.33. The third-order valence-electron chi connectivity index (χ3n) is 3.51. The van der Waals surface area contributed by atoms with E-state index in [9.17, 15) is 0 Å². The number of nitrogens with one attached hydrogen (secondary N) is 1. The fraction of sp³-hybridized carbons (Fsp3) is 0.250. The first-order valence-electron chi connectivity index (χ1n) is 6.63. The summed E-state index contributed by atoms with van der Waals surface area (Å²) in [4.78, 5) is 0. The molecule has 104 valence electrons. The van der Waals surface area contributed by atoms with Crippen molar-refractivity contribution in [3.8, 4) is 5.75 Å². The average molecular weight is 308 g/mol. The Balaban J connectivity index is 1.75. The molecule has 3 rings (SSSR count). The molecule has 2 nitrogen and oxygen atoms in total. The van der Waals surface area contributed by atoms with Gasteiger partial charge in [-0.25, -0.2) is 0 Å². The second-order valence-electron chi connectivity index (χ2n) is 4.84. The van der Waals surface area contributed by atoms with Gasteiger partial charge in [-0.1, -0.05) is 41.4 Å². The maximum Gasteiger partial charge on any atom is 0.124 e. The minimum absolute atomic E-state index is 0.287. The molecule has 2 aromatic rings. The number of halogens is 2. The van der Waals surface area contributed by atoms with Crippen molar-refractivity contribution in [2.75, 3.05) is 6.61 Å². The van der Waals surface area contributed by atoms with Crippen LogP contribution in [0.1, 0.15) is 23.6 Å². The van der Waals surface area contributed by atoms with Crippen LogP contribution in [-0.2, 0) is 6.54 Å². The van der Waals surface area contributed by atoms with E-state index in [1.54, 1.807) is 6.07 Å². The molecule has 0 saturated heterocycles. The largest absolute Gasteiger partial charge is 0.493 e. The highest BCUT2D eigenvalue weighted by Crippen LogP contribution is 2.32. The van der Waals surface area contributed by atoms with E-state index in [1.165, 1.54) is 5.56 Å². The van der Waals surface area contributed by atoms with Gasteiger partial charge in [-0.3, -0.25) is 0 Å². The smallest absolute Gasteiger partial charge is 0.124 e. The van der Waals surface area contributed by atoms with Gasteiger partial charge in [0.1, 0.15) is 5.75 Å². The first kappa shape index (κ1) is 13.7. The van der Waals surface area contributed by atoms with E-state index >= 15 is 0 Å². The Morgan fingerprint density at radius 2 is 2.00 bits per heavy atom. The summed E-state index contributed by atoms with van der Waals surface area (Å²) in [6.45, 7) is 1.43. The number of fused-ring (bicyclic) bond motifs is 1. The molecular weight excluding hydrogens is 293 g/mol. The first-order valence-corrected chi connectivity index (χ1v) is 7.38. The zero-order chi connectivity index (χ0) is 13.9. The molecule has 0 saturated carbocycles. The Bertz CT molecular complexity index is 615. The summed E-state index contributed by atoms with van der Waals surface area (Å²) in [6, 6.07) is 14.0. The monoisotopic (exact) mass is 307 g/mol. The van der Waals surface area contributed by atoms with Crippen LogP contribution in [0.3, 0.4) is 0 Å². The predicted octanol–water partition coefficient (Wildman–Crippen LogP) is 4.61. The first-order chi connectivity index (χ1) is 9.74. The summed E-state index contributed by atoms with van der Waals surface area (Å²) in [6.07, 6.45) is 0.954. The Labute approximate surface area is 128 Å². The van der Waals surface area contributed by atoms with Gasteiger partial charge >= 0.3 is 0 Å². The Morgan fingerprint density at radius 3 is 2.90 bits per heavy atom. The normalized spacial score (nSPS) is 17.4. The standard InChI is InChI=1S/C16H15Cl2NO/c17-12-5-6-14(18)11(9-12)10-19-15-7-8-20-16-4-2-1-3-13(15)16/h1-6,9,15,19H,7-8,10H2. The van der Waals surface area contributed by atoms with Crippen LogP contribution in [-0.4, -0.2) is 6.61 Å². The molecule has 0 aromatic heterocycles. The minimum Gasteiger partial charge on any atom is -0.493 e. The maximum atomic E-state index is 6.19. The molecule has 1 heterocycles. The van der Waals surface area contributed by atoms with Gasteiger partial charge in [0.05, 0.1) is 6.61 Å². The van der Waals surface area contributed by atoms with Gasteiger partial charge in [-0.2, -0.15) is 0 Å². The number of ether oxygens (including phenoxy) is 1. The van der Waals surface area contributed by atoms with Crippen LogP contribution in [0.25, 0.3) is 0 Å². The molecule has 0 fully saturated rings. The molecule has 20 heavy (non-hydrogen) atoms. The van der Waals surface area contributed by atoms with Gasteiger partial charge in [0, 0.05) is 34.6 Å². The van der Waals surface area contributed by atoms with E-state index < -0.39 is 0 Å². The van der Waals surface area contributed by atoms with E-state index in [1.807, 2.05) is 30.3 Å². The topological polar surface area (TPSA) is 21.3 Å². The number of hydrogen-bond donors (Lipinski definition) is 1. The van der Waals surface area contributed by atoms with Crippen LogP contribution in [0.15, 0.2) is 42.5 Å². The van der Waals surface area contributed by atoms with E-state index in [-0.39, 0.29) is 6.04 Å². The Morgan fingerprint density at radius 1 is 1.15 bits per heavy atom. The molecule has 0 spiro atoms. The van der Waals surface area contributed by atoms with Crippen LogP contribution in [0.4, 0.5) is 0 Å². The SMILES string of the molecule is Clc1ccc(Cl)c(CNC2CCOc3ccccc32)c1. The zero-order valence-electron chi connectivity index (χ0n) is 10.9. The molecule has 0 radical (unpaired) electrons. The van der Waals surface area contributed by atoms with Crippen molar-refractivity contribution in [2.24, 2.45) is 0 Å². The lowest BCUT2D eigenvalue weighted by Gasteiger charge is -2.27. The van der Waals surface area contributed by atoms with Crippen LogP contribution >= 0.6 is 23.2 Å². The molecule has 1 aliphatic rings. The second kappa shape index (κ2) is 6.04. The third-order valence-corrected chi connectivity index (χ3v) is 4.11. The fourth-order valence-electron chi connectivity index (χ4n) is 2.47. The fourth-order valence-corrected chi connectivity index (χ4v) is 2.85. The maximum absolute atomic E-state index is 6.19. The predicted molar refractivity (Wildman–Crippen MR) is 82.6 cm³/mol. The highest BCUT2D eigenvalue weighted by Gasteiger charge is 2.20. The summed E-state index contributed by atoms with van der Waals surface area (Å²) >= 11 is 12.2. The molecule has 1 N–H and O–H groups in total. The average Bonchev–Trinajstić information content (AvgIpc) is 2.48. The van der Waals surface area contributed by atoms with E-state index in [0.29, 0.717) is 11.6 Å². The second-order valence-corrected chi connectivity index (χ2v) is 5.69. The van der Waals surface area contributed by atoms with Crippen molar-refractivity contribution in [2.45, 2.75) is 19.0 Å². The van der Waals surface area contributed by atoms with Crippen LogP contribution in [0.5, 0.6) is 5.75 Å². The lowest BCUT2D eigenvalue weighted by atomic mass is 10.0. The molecule has 0 amide bonds. The lowest BCUT2D eigenvalue weighted by molar-refractivity contribution is 0.252. The van der Waals surface area contributed by atoms with E-state index in [4.69, 9.17) is 27.9 Å². The van der Waals surface area contributed by atoms with Gasteiger partial charge in [-0.05, 0) is 29.8 Å². The van der Waals surface area contributed by atoms with Gasteiger partial charge in [-0.15, -0.1) is 0 Å². The van der Waals surface area contributed by atoms with Crippen molar-refractivity contribution >= 4 is 23.2 Å². The number of rotatable bonds is 3. The number of benzene rings is 2. The molecular formula is C16H15Cl2NO.